The minimum atomic E-state index is -0.503. The fourth-order valence-electron chi connectivity index (χ4n) is 0.547. The van der Waals surface area contributed by atoms with Gasteiger partial charge in [-0.05, 0) is 0 Å². The third kappa shape index (κ3) is 4.82. The number of hydrogen-bond donors (Lipinski definition) is 0. The Morgan fingerprint density at radius 3 is 2.23 bits per heavy atom. The number of nitrogens with zero attached hydrogens (tertiary/aromatic N) is 3. The predicted molar refractivity (Wildman–Crippen MR) is 60.1 cm³/mol. The highest BCUT2D eigenvalue weighted by atomic mass is 127. The van der Waals surface area contributed by atoms with Gasteiger partial charge in [0.25, 0.3) is 0 Å². The molecule has 0 unspecified atom stereocenters. The van der Waals surface area contributed by atoms with Crippen LogP contribution in [0.1, 0.15) is 0 Å². The van der Waals surface area contributed by atoms with E-state index >= 15 is 0 Å². The third-order valence-corrected chi connectivity index (χ3v) is 2.34. The lowest BCUT2D eigenvalue weighted by molar-refractivity contribution is 0.190. The zero-order valence-electron chi connectivity index (χ0n) is 6.62. The van der Waals surface area contributed by atoms with Gasteiger partial charge < -0.3 is 0 Å². The van der Waals surface area contributed by atoms with Crippen LogP contribution in [0.3, 0.4) is 0 Å². The van der Waals surface area contributed by atoms with Crippen molar-refractivity contribution in [1.29, 1.82) is 0 Å². The first-order valence-electron chi connectivity index (χ1n) is 3.37. The summed E-state index contributed by atoms with van der Waals surface area (Å²) in [7, 11) is 0. The molecule has 0 bridgehead atoms. The maximum atomic E-state index is 11.3. The van der Waals surface area contributed by atoms with Gasteiger partial charge in [0.15, 0.2) is 0 Å². The minimum Gasteiger partial charge on any atom is -0.264 e. The van der Waals surface area contributed by atoms with Crippen molar-refractivity contribution in [1.82, 2.24) is 8.12 Å². The van der Waals surface area contributed by atoms with Gasteiger partial charge in [0.1, 0.15) is 0 Å². The number of nitroso groups, excluding NO2 is 1. The van der Waals surface area contributed by atoms with E-state index in [4.69, 9.17) is 23.2 Å². The van der Waals surface area contributed by atoms with Gasteiger partial charge in [-0.15, -0.1) is 28.1 Å². The molecule has 2 amide bonds. The van der Waals surface area contributed by atoms with Crippen LogP contribution in [0.25, 0.3) is 0 Å². The smallest absolute Gasteiger partial charge is 0.264 e. The second-order valence-corrected chi connectivity index (χ2v) is 3.87. The van der Waals surface area contributed by atoms with Gasteiger partial charge in [-0.1, -0.05) is 0 Å². The maximum absolute atomic E-state index is 11.3. The molecule has 13 heavy (non-hydrogen) atoms. The monoisotopic (exact) mass is 339 g/mol. The summed E-state index contributed by atoms with van der Waals surface area (Å²) in [6, 6.07) is -0.503. The van der Waals surface area contributed by atoms with Crippen LogP contribution in [0.2, 0.25) is 0 Å². The summed E-state index contributed by atoms with van der Waals surface area (Å²) in [5.41, 5.74) is 0. The van der Waals surface area contributed by atoms with E-state index < -0.39 is 6.03 Å². The van der Waals surface area contributed by atoms with E-state index in [2.05, 4.69) is 5.29 Å². The highest BCUT2D eigenvalue weighted by Gasteiger charge is 2.18. The lowest BCUT2D eigenvalue weighted by Gasteiger charge is -2.18. The van der Waals surface area contributed by atoms with Crippen LogP contribution >= 0.6 is 46.1 Å². The molecule has 0 saturated carbocycles. The number of rotatable bonds is 5. The number of carbonyl (C=O) groups excluding carboxylic acids is 1. The van der Waals surface area contributed by atoms with E-state index in [0.29, 0.717) is 12.4 Å². The van der Waals surface area contributed by atoms with Crippen molar-refractivity contribution in [3.05, 3.63) is 4.91 Å². The van der Waals surface area contributed by atoms with Gasteiger partial charge in [0.2, 0.25) is 0 Å². The molecule has 0 heterocycles. The molecule has 0 atom stereocenters. The third-order valence-electron chi connectivity index (χ3n) is 1.10. The molecule has 0 aliphatic carbocycles. The van der Waals surface area contributed by atoms with Gasteiger partial charge in [-0.25, -0.2) is 4.79 Å². The molecule has 5 nitrogen and oxygen atoms in total. The van der Waals surface area contributed by atoms with Crippen LogP contribution in [-0.2, 0) is 0 Å². The SMILES string of the molecule is O=NN(CCCl)C(=O)N(I)CCCl. The Morgan fingerprint density at radius 1 is 1.31 bits per heavy atom. The molecule has 0 aromatic heterocycles. The normalized spacial score (nSPS) is 9.46. The van der Waals surface area contributed by atoms with Crippen molar-refractivity contribution in [3.63, 3.8) is 0 Å². The summed E-state index contributed by atoms with van der Waals surface area (Å²) in [6.45, 7) is 0.459. The highest BCUT2D eigenvalue weighted by molar-refractivity contribution is 14.1. The first-order valence-corrected chi connectivity index (χ1v) is 5.40. The van der Waals surface area contributed by atoms with Crippen molar-refractivity contribution in [2.75, 3.05) is 24.8 Å². The van der Waals surface area contributed by atoms with Crippen molar-refractivity contribution in [2.45, 2.75) is 0 Å². The average Bonchev–Trinajstić information content (AvgIpc) is 2.13. The largest absolute Gasteiger partial charge is 0.351 e. The van der Waals surface area contributed by atoms with Crippen LogP contribution in [-0.4, -0.2) is 39.0 Å². The highest BCUT2D eigenvalue weighted by Crippen LogP contribution is 2.06. The predicted octanol–water partition coefficient (Wildman–Crippen LogP) is 2.22. The van der Waals surface area contributed by atoms with Crippen molar-refractivity contribution in [3.8, 4) is 0 Å². The first-order chi connectivity index (χ1) is 6.17. The van der Waals surface area contributed by atoms with Crippen LogP contribution < -0.4 is 0 Å². The standard InChI is InChI=1S/C5H8Cl2IN3O2/c6-1-3-10(8)5(12)11(9-13)4-2-7/h1-4H2. The second kappa shape index (κ2) is 7.57. The molecular weight excluding hydrogens is 332 g/mol. The fourth-order valence-corrected chi connectivity index (χ4v) is 1.65. The number of hydrogen-bond acceptors (Lipinski definition) is 3. The zero-order chi connectivity index (χ0) is 10.3. The molecular formula is C5H8Cl2IN3O2. The van der Waals surface area contributed by atoms with Gasteiger partial charge >= 0.3 is 6.03 Å². The van der Waals surface area contributed by atoms with Gasteiger partial charge in [-0.2, -0.15) is 5.01 Å². The molecule has 0 N–H and O–H groups in total. The molecule has 0 fully saturated rings. The minimum absolute atomic E-state index is 0.103. The Labute approximate surface area is 99.8 Å². The molecule has 0 aliphatic heterocycles. The Balaban J connectivity index is 4.10. The Bertz CT molecular complexity index is 183. The number of halogens is 3. The van der Waals surface area contributed by atoms with Gasteiger partial charge in [-0.3, -0.25) is 3.11 Å². The lowest BCUT2D eigenvalue weighted by Crippen LogP contribution is -2.36. The Hall–Kier alpha value is 0.180. The van der Waals surface area contributed by atoms with E-state index in [0.717, 1.165) is 5.01 Å². The Kier molecular flexibility index (Phi) is 7.68. The van der Waals surface area contributed by atoms with E-state index in [1.165, 1.54) is 3.11 Å². The average molecular weight is 340 g/mol. The summed E-state index contributed by atoms with van der Waals surface area (Å²) in [5, 5.41) is 3.30. The number of carbonyl (C=O) groups is 1. The summed E-state index contributed by atoms with van der Waals surface area (Å²) >= 11 is 12.5. The van der Waals surface area contributed by atoms with Crippen LogP contribution in [0.5, 0.6) is 0 Å². The number of urea groups is 1. The van der Waals surface area contributed by atoms with E-state index in [1.807, 2.05) is 0 Å². The molecule has 8 heteroatoms. The molecule has 76 valence electrons. The van der Waals surface area contributed by atoms with Gasteiger partial charge in [0, 0.05) is 18.3 Å². The van der Waals surface area contributed by atoms with Crippen LogP contribution in [0, 0.1) is 4.91 Å². The fraction of sp³-hybridized carbons (Fsp3) is 0.800. The summed E-state index contributed by atoms with van der Waals surface area (Å²) in [6.07, 6.45) is 0. The molecule has 0 aromatic rings. The topological polar surface area (TPSA) is 53.0 Å². The quantitative estimate of drug-likeness (QED) is 0.253. The van der Waals surface area contributed by atoms with Crippen molar-refractivity contribution in [2.24, 2.45) is 5.29 Å². The summed E-state index contributed by atoms with van der Waals surface area (Å²) in [4.78, 5) is 21.5. The summed E-state index contributed by atoms with van der Waals surface area (Å²) < 4.78 is 1.28. The van der Waals surface area contributed by atoms with Crippen LogP contribution in [0.15, 0.2) is 5.29 Å². The maximum Gasteiger partial charge on any atom is 0.351 e. The van der Waals surface area contributed by atoms with Gasteiger partial charge in [0.05, 0.1) is 34.7 Å². The van der Waals surface area contributed by atoms with Crippen molar-refractivity contribution >= 4 is 52.1 Å². The van der Waals surface area contributed by atoms with Crippen molar-refractivity contribution < 1.29 is 4.79 Å². The first kappa shape index (κ1) is 13.2. The van der Waals surface area contributed by atoms with E-state index in [9.17, 15) is 9.70 Å². The number of alkyl halides is 2. The molecule has 0 aromatic carbocycles. The number of amides is 2. The second-order valence-electron chi connectivity index (χ2n) is 1.95. The van der Waals surface area contributed by atoms with E-state index in [1.54, 1.807) is 22.9 Å². The summed E-state index contributed by atoms with van der Waals surface area (Å²) in [5.74, 6) is 0.477. The molecule has 0 aliphatic rings. The zero-order valence-corrected chi connectivity index (χ0v) is 10.3. The molecule has 0 rings (SSSR count). The lowest BCUT2D eigenvalue weighted by atomic mass is 10.6. The van der Waals surface area contributed by atoms with Crippen LogP contribution in [0.4, 0.5) is 4.79 Å². The molecule has 0 saturated heterocycles. The molecule has 0 spiro atoms. The Morgan fingerprint density at radius 2 is 1.85 bits per heavy atom. The molecule has 0 radical (unpaired) electrons. The van der Waals surface area contributed by atoms with E-state index in [-0.39, 0.29) is 12.4 Å².